The van der Waals surface area contributed by atoms with E-state index < -0.39 is 24.1 Å². The molecule has 13 rings (SSSR count). The lowest BCUT2D eigenvalue weighted by Crippen LogP contribution is -2.34. The second-order valence-electron chi connectivity index (χ2n) is 26.3. The van der Waals surface area contributed by atoms with Gasteiger partial charge in [-0.05, 0) is 212 Å². The first kappa shape index (κ1) is 71.8. The SMILES string of the molecule is C=C(C)C(=O)OC(CC)CN(c1ccc(C2=C([O-])C(=C3C=CC(=[N+](CC(CC)OC(=O)C(=C)C)c4c(C)cc(C)cc4C)C=C3)C2=O)cc1)c1c(C)cc(C)cc1C.O=C1NCc2ccc(cc2)CNC(=O)c2cccc(c2)C(=O)NCC2CCC(CC2)CNC(=O)c2cccc1c2. The van der Waals surface area contributed by atoms with Crippen LogP contribution in [0.5, 0.6) is 0 Å². The maximum Gasteiger partial charge on any atom is 0.333 e. The van der Waals surface area contributed by atoms with Crippen LogP contribution in [-0.4, -0.2) is 90.0 Å². The Bertz CT molecular complexity index is 4100. The zero-order valence-electron chi connectivity index (χ0n) is 58.0. The summed E-state index contributed by atoms with van der Waals surface area (Å²) in [6.45, 7) is 29.7. The van der Waals surface area contributed by atoms with Crippen molar-refractivity contribution in [2.45, 2.75) is 133 Å². The Balaban J connectivity index is 0.000000245. The molecule has 2 unspecified atom stereocenters. The molecular weight excluding hydrogens is 1230 g/mol. The van der Waals surface area contributed by atoms with Gasteiger partial charge in [0, 0.05) is 105 Å². The number of benzene rings is 6. The van der Waals surface area contributed by atoms with Crippen LogP contribution in [0.3, 0.4) is 0 Å². The number of ether oxygens (including phenoxy) is 2. The molecule has 4 heterocycles. The van der Waals surface area contributed by atoms with E-state index in [0.717, 1.165) is 93.0 Å². The van der Waals surface area contributed by atoms with Gasteiger partial charge in [0.15, 0.2) is 18.4 Å². The molecule has 4 amide bonds. The molecule has 1 fully saturated rings. The number of esters is 2. The summed E-state index contributed by atoms with van der Waals surface area (Å²) in [5, 5.41) is 25.6. The van der Waals surface area contributed by atoms with Crippen LogP contribution in [0.1, 0.15) is 158 Å². The van der Waals surface area contributed by atoms with Gasteiger partial charge < -0.3 is 40.7 Å². The number of anilines is 2. The van der Waals surface area contributed by atoms with Crippen molar-refractivity contribution in [3.63, 3.8) is 0 Å². The van der Waals surface area contributed by atoms with Crippen LogP contribution < -0.4 is 31.3 Å². The van der Waals surface area contributed by atoms with Gasteiger partial charge in [-0.15, -0.1) is 0 Å². The van der Waals surface area contributed by atoms with Gasteiger partial charge in [0.1, 0.15) is 6.10 Å². The van der Waals surface area contributed by atoms with Gasteiger partial charge in [-0.3, -0.25) is 24.0 Å². The third-order valence-electron chi connectivity index (χ3n) is 18.4. The summed E-state index contributed by atoms with van der Waals surface area (Å²) < 4.78 is 13.8. The van der Waals surface area contributed by atoms with E-state index in [0.29, 0.717) is 108 Å². The van der Waals surface area contributed by atoms with Crippen LogP contribution in [0.2, 0.25) is 0 Å². The van der Waals surface area contributed by atoms with Crippen LogP contribution >= 0.6 is 0 Å². The molecule has 7 aliphatic rings. The van der Waals surface area contributed by atoms with Gasteiger partial charge in [-0.25, -0.2) is 9.59 Å². The minimum atomic E-state index is -0.430. The first-order valence-corrected chi connectivity index (χ1v) is 33.8. The zero-order chi connectivity index (χ0) is 70.5. The number of carbonyl (C=O) groups is 7. The highest BCUT2D eigenvalue weighted by Gasteiger charge is 2.33. The highest BCUT2D eigenvalue weighted by molar-refractivity contribution is 6.39. The Morgan fingerprint density at radius 1 is 0.541 bits per heavy atom. The molecule has 6 aromatic carbocycles. The Kier molecular flexibility index (Phi) is 23.8. The first-order valence-electron chi connectivity index (χ1n) is 33.8. The monoisotopic (exact) mass is 1320 g/mol. The molecule has 4 aliphatic heterocycles. The molecule has 0 saturated heterocycles. The van der Waals surface area contributed by atoms with E-state index in [-0.39, 0.29) is 46.3 Å². The van der Waals surface area contributed by atoms with E-state index in [1.807, 2.05) is 86.7 Å². The number of nitrogens with zero attached hydrogens (tertiary/aromatic N) is 2. The fourth-order valence-corrected chi connectivity index (χ4v) is 13.1. The molecule has 6 aromatic rings. The number of allylic oxidation sites excluding steroid dienone is 7. The molecular formula is C82H90N6O10. The smallest absolute Gasteiger partial charge is 0.333 e. The van der Waals surface area contributed by atoms with Crippen molar-refractivity contribution in [2.75, 3.05) is 31.1 Å². The summed E-state index contributed by atoms with van der Waals surface area (Å²) >= 11 is 0. The van der Waals surface area contributed by atoms with Crippen molar-refractivity contribution in [2.24, 2.45) is 11.8 Å². The minimum Gasteiger partial charge on any atom is -0.871 e. The predicted octanol–water partition coefficient (Wildman–Crippen LogP) is 13.2. The Labute approximate surface area is 576 Å². The highest BCUT2D eigenvalue weighted by atomic mass is 16.5. The van der Waals surface area contributed by atoms with Crippen LogP contribution in [-0.2, 0) is 36.9 Å². The van der Waals surface area contributed by atoms with Crippen molar-refractivity contribution in [3.05, 3.63) is 259 Å². The Morgan fingerprint density at radius 3 is 1.38 bits per heavy atom. The van der Waals surface area contributed by atoms with Crippen molar-refractivity contribution in [1.82, 2.24) is 21.3 Å². The second kappa shape index (κ2) is 32.5. The molecule has 508 valence electrons. The highest BCUT2D eigenvalue weighted by Crippen LogP contribution is 2.40. The summed E-state index contributed by atoms with van der Waals surface area (Å²) in [5.41, 5.74) is 16.0. The van der Waals surface area contributed by atoms with Gasteiger partial charge in [-0.1, -0.05) is 105 Å². The largest absolute Gasteiger partial charge is 0.871 e. The molecule has 98 heavy (non-hydrogen) atoms. The molecule has 0 aromatic heterocycles. The van der Waals surface area contributed by atoms with Gasteiger partial charge in [-0.2, -0.15) is 4.58 Å². The lowest BCUT2D eigenvalue weighted by Gasteiger charge is -2.33. The third-order valence-corrected chi connectivity index (χ3v) is 18.4. The standard InChI is InChI=1S/C50H56N2O6.C32H34N4O4/c1-13-41(57-49(55)29(3)4)27-51(45-33(9)23-31(7)24-34(45)10)39-19-15-37(16-20-39)43-47(53)44(48(43)54)38-17-21-40(22-18-38)52(28-42(14-2)58-50(56)30(5)6)46-35(11)25-32(8)26-36(46)12;37-29-25-3-1-4-26(15-25)30(38)34-18-22-9-13-24(14-10-22)20-36-32(40)28-6-2-5-27(16-28)31(39)35-19-23-11-7-21(8-12-23)17-33-29/h15-26,41-42H,3,5,13-14,27-28H2,1-2,4,6-12H3;1-8,11-12,15-16,22,24H,9-10,13-14,17-20H2,(H,33,37)(H,34,38)(H,35,39)(H,36,40). The van der Waals surface area contributed by atoms with Gasteiger partial charge >= 0.3 is 11.9 Å². The number of nitrogens with one attached hydrogen (secondary N) is 4. The number of Topliss-reactive ketones (excluding diaryl/α,β-unsaturated/α-hetero) is 1. The average molecular weight is 1320 g/mol. The first-order chi connectivity index (χ1) is 46.9. The lowest BCUT2D eigenvalue weighted by atomic mass is 9.80. The number of carbonyl (C=O) groups excluding carboxylic acids is 7. The number of hydrogen-bond acceptors (Lipinski definition) is 11. The Hall–Kier alpha value is -10.5. The third kappa shape index (κ3) is 17.8. The summed E-state index contributed by atoms with van der Waals surface area (Å²) in [7, 11) is 0. The normalized spacial score (nSPS) is 17.1. The van der Waals surface area contributed by atoms with E-state index in [9.17, 15) is 38.7 Å². The fraction of sp³-hybridized carbons (Fsp3) is 0.317. The van der Waals surface area contributed by atoms with Crippen molar-refractivity contribution in [3.8, 4) is 0 Å². The maximum absolute atomic E-state index is 13.8. The quantitative estimate of drug-likeness (QED) is 0.0457. The molecule has 2 atom stereocenters. The lowest BCUT2D eigenvalue weighted by molar-refractivity contribution is -0.451. The van der Waals surface area contributed by atoms with E-state index >= 15 is 0 Å². The molecule has 8 bridgehead atoms. The average Bonchev–Trinajstić information content (AvgIpc) is 0.746. The van der Waals surface area contributed by atoms with E-state index in [1.54, 1.807) is 62.4 Å². The topological polar surface area (TPSA) is 215 Å². The van der Waals surface area contributed by atoms with Crippen LogP contribution in [0, 0.1) is 53.4 Å². The minimum absolute atomic E-state index is 0.152. The maximum atomic E-state index is 13.8. The van der Waals surface area contributed by atoms with Gasteiger partial charge in [0.2, 0.25) is 11.4 Å². The number of aryl methyl sites for hydroxylation is 6. The van der Waals surface area contributed by atoms with Gasteiger partial charge in [0.05, 0.1) is 6.54 Å². The second-order valence-corrected chi connectivity index (χ2v) is 26.3. The number of amides is 4. The number of rotatable bonds is 14. The molecule has 0 radical (unpaired) electrons. The Morgan fingerprint density at radius 2 is 0.959 bits per heavy atom. The number of ketones is 1. The molecule has 0 spiro atoms. The fourth-order valence-electron chi connectivity index (χ4n) is 13.1. The van der Waals surface area contributed by atoms with Crippen LogP contribution in [0.4, 0.5) is 17.1 Å². The molecule has 4 N–H and O–H groups in total. The molecule has 16 nitrogen and oxygen atoms in total. The van der Waals surface area contributed by atoms with Crippen LogP contribution in [0.15, 0.2) is 187 Å². The summed E-state index contributed by atoms with van der Waals surface area (Å²) in [6.07, 6.45) is 11.7. The predicted molar refractivity (Wildman–Crippen MR) is 384 cm³/mol. The van der Waals surface area contributed by atoms with Crippen molar-refractivity contribution < 1.29 is 52.7 Å². The summed E-state index contributed by atoms with van der Waals surface area (Å²) in [5.74, 6) is -1.58. The molecule has 16 heteroatoms. The van der Waals surface area contributed by atoms with Gasteiger partial charge in [0.25, 0.3) is 23.6 Å². The van der Waals surface area contributed by atoms with E-state index in [4.69, 9.17) is 9.47 Å². The molecule has 1 saturated carbocycles. The summed E-state index contributed by atoms with van der Waals surface area (Å²) in [6, 6.07) is 37.0. The van der Waals surface area contributed by atoms with Crippen LogP contribution in [0.25, 0.3) is 5.57 Å². The molecule has 3 aliphatic carbocycles. The van der Waals surface area contributed by atoms with Crippen molar-refractivity contribution >= 4 is 69.7 Å². The van der Waals surface area contributed by atoms with Crippen molar-refractivity contribution in [1.29, 1.82) is 0 Å². The number of hydrogen-bond donors (Lipinski definition) is 4. The summed E-state index contributed by atoms with van der Waals surface area (Å²) in [4.78, 5) is 92.1. The van der Waals surface area contributed by atoms with E-state index in [2.05, 4.69) is 110 Å². The zero-order valence-corrected chi connectivity index (χ0v) is 58.0. The van der Waals surface area contributed by atoms with E-state index in [1.165, 1.54) is 0 Å².